The monoisotopic (exact) mass is 236 g/mol. The lowest BCUT2D eigenvalue weighted by Gasteiger charge is -2.38. The van der Waals surface area contributed by atoms with Gasteiger partial charge in [-0.1, -0.05) is 0 Å². The van der Waals surface area contributed by atoms with E-state index in [-0.39, 0.29) is 6.04 Å². The van der Waals surface area contributed by atoms with E-state index in [0.29, 0.717) is 12.6 Å². The Hall–Kier alpha value is -1.20. The van der Waals surface area contributed by atoms with Crippen molar-refractivity contribution in [1.82, 2.24) is 9.97 Å². The maximum absolute atomic E-state index is 5.83. The lowest BCUT2D eigenvalue weighted by Crippen LogP contribution is -2.49. The molecule has 94 valence electrons. The zero-order valence-electron chi connectivity index (χ0n) is 10.5. The summed E-state index contributed by atoms with van der Waals surface area (Å²) in [6.07, 6.45) is 4.06. The summed E-state index contributed by atoms with van der Waals surface area (Å²) in [6, 6.07) is 2.18. The molecule has 5 heteroatoms. The first-order valence-electron chi connectivity index (χ1n) is 6.03. The van der Waals surface area contributed by atoms with Crippen LogP contribution in [-0.4, -0.2) is 42.3 Å². The summed E-state index contributed by atoms with van der Waals surface area (Å²) in [5, 5.41) is 0. The maximum Gasteiger partial charge on any atom is 0.225 e. The number of methoxy groups -OCH3 is 1. The summed E-state index contributed by atoms with van der Waals surface area (Å²) in [5.41, 5.74) is 6.82. The first-order chi connectivity index (χ1) is 8.24. The number of nitrogens with two attached hydrogens (primary N) is 1. The van der Waals surface area contributed by atoms with E-state index in [2.05, 4.69) is 14.9 Å². The number of ether oxygens (including phenoxy) is 1. The van der Waals surface area contributed by atoms with Crippen LogP contribution in [0.4, 0.5) is 5.95 Å². The van der Waals surface area contributed by atoms with Crippen LogP contribution >= 0.6 is 0 Å². The highest BCUT2D eigenvalue weighted by Crippen LogP contribution is 2.22. The number of hydrogen-bond donors (Lipinski definition) is 1. The molecule has 1 aromatic rings. The van der Waals surface area contributed by atoms with Gasteiger partial charge in [0.2, 0.25) is 5.95 Å². The molecule has 0 bridgehead atoms. The number of nitrogens with zero attached hydrogens (tertiary/aromatic N) is 3. The molecular formula is C12H20N4O. The highest BCUT2D eigenvalue weighted by Gasteiger charge is 2.29. The van der Waals surface area contributed by atoms with Gasteiger partial charge >= 0.3 is 0 Å². The van der Waals surface area contributed by atoms with E-state index in [1.165, 1.54) is 0 Å². The molecule has 0 aromatic carbocycles. The summed E-state index contributed by atoms with van der Waals surface area (Å²) in [7, 11) is 1.76. The summed E-state index contributed by atoms with van der Waals surface area (Å²) >= 11 is 0. The van der Waals surface area contributed by atoms with Crippen molar-refractivity contribution in [2.75, 3.05) is 25.1 Å². The van der Waals surface area contributed by atoms with Gasteiger partial charge in [-0.15, -0.1) is 0 Å². The molecular weight excluding hydrogens is 216 g/mol. The van der Waals surface area contributed by atoms with E-state index in [0.717, 1.165) is 31.0 Å². The van der Waals surface area contributed by atoms with E-state index in [1.807, 2.05) is 13.0 Å². The largest absolute Gasteiger partial charge is 0.381 e. The fraction of sp³-hybridized carbons (Fsp3) is 0.667. The van der Waals surface area contributed by atoms with E-state index in [4.69, 9.17) is 10.5 Å². The minimum absolute atomic E-state index is 0.274. The SMILES string of the molecule is COC1CCN(c2nccc(C)n2)C(CN)C1. The van der Waals surface area contributed by atoms with Crippen molar-refractivity contribution < 1.29 is 4.74 Å². The first kappa shape index (κ1) is 12.3. The number of aryl methyl sites for hydroxylation is 1. The van der Waals surface area contributed by atoms with Crippen molar-refractivity contribution in [3.8, 4) is 0 Å². The summed E-state index contributed by atoms with van der Waals surface area (Å²) in [4.78, 5) is 11.0. The van der Waals surface area contributed by atoms with Gasteiger partial charge in [0.05, 0.1) is 6.10 Å². The minimum atomic E-state index is 0.274. The van der Waals surface area contributed by atoms with Gasteiger partial charge in [-0.3, -0.25) is 0 Å². The van der Waals surface area contributed by atoms with E-state index in [9.17, 15) is 0 Å². The van der Waals surface area contributed by atoms with Crippen LogP contribution < -0.4 is 10.6 Å². The summed E-state index contributed by atoms with van der Waals surface area (Å²) in [5.74, 6) is 0.787. The van der Waals surface area contributed by atoms with Crippen LogP contribution in [0.1, 0.15) is 18.5 Å². The normalized spacial score (nSPS) is 25.0. The van der Waals surface area contributed by atoms with Crippen molar-refractivity contribution >= 4 is 5.95 Å². The van der Waals surface area contributed by atoms with E-state index in [1.54, 1.807) is 13.3 Å². The molecule has 0 spiro atoms. The lowest BCUT2D eigenvalue weighted by atomic mass is 10.00. The van der Waals surface area contributed by atoms with Gasteiger partial charge in [-0.05, 0) is 25.8 Å². The van der Waals surface area contributed by atoms with Crippen LogP contribution in [-0.2, 0) is 4.74 Å². The Bertz CT molecular complexity index is 371. The predicted molar refractivity (Wildman–Crippen MR) is 67.0 cm³/mol. The summed E-state index contributed by atoms with van der Waals surface area (Å²) < 4.78 is 5.41. The van der Waals surface area contributed by atoms with Gasteiger partial charge in [-0.2, -0.15) is 0 Å². The predicted octanol–water partition coefficient (Wildman–Crippen LogP) is 0.728. The van der Waals surface area contributed by atoms with Crippen molar-refractivity contribution in [3.63, 3.8) is 0 Å². The molecule has 1 fully saturated rings. The molecule has 17 heavy (non-hydrogen) atoms. The highest BCUT2D eigenvalue weighted by atomic mass is 16.5. The zero-order valence-corrected chi connectivity index (χ0v) is 10.5. The van der Waals surface area contributed by atoms with Crippen LogP contribution in [0.15, 0.2) is 12.3 Å². The quantitative estimate of drug-likeness (QED) is 0.838. The standard InChI is InChI=1S/C12H20N4O/c1-9-3-5-14-12(15-9)16-6-4-11(17-2)7-10(16)8-13/h3,5,10-11H,4,6-8,13H2,1-2H3. The fourth-order valence-corrected chi connectivity index (χ4v) is 2.29. The van der Waals surface area contributed by atoms with Crippen LogP contribution in [0.25, 0.3) is 0 Å². The molecule has 1 aliphatic heterocycles. The Morgan fingerprint density at radius 1 is 1.59 bits per heavy atom. The minimum Gasteiger partial charge on any atom is -0.381 e. The van der Waals surface area contributed by atoms with Crippen molar-refractivity contribution in [1.29, 1.82) is 0 Å². The van der Waals surface area contributed by atoms with E-state index >= 15 is 0 Å². The van der Waals surface area contributed by atoms with Crippen molar-refractivity contribution in [2.45, 2.75) is 31.9 Å². The molecule has 0 amide bonds. The molecule has 2 atom stereocenters. The Labute approximate surface area is 102 Å². The van der Waals surface area contributed by atoms with Gasteiger partial charge in [0, 0.05) is 38.1 Å². The molecule has 0 aliphatic carbocycles. The Balaban J connectivity index is 2.15. The third kappa shape index (κ3) is 2.73. The van der Waals surface area contributed by atoms with Gasteiger partial charge in [0.25, 0.3) is 0 Å². The molecule has 1 aromatic heterocycles. The number of anilines is 1. The maximum atomic E-state index is 5.83. The van der Waals surface area contributed by atoms with Crippen LogP contribution in [0.5, 0.6) is 0 Å². The van der Waals surface area contributed by atoms with E-state index < -0.39 is 0 Å². The van der Waals surface area contributed by atoms with Crippen LogP contribution in [0.2, 0.25) is 0 Å². The Kier molecular flexibility index (Phi) is 3.91. The second-order valence-electron chi connectivity index (χ2n) is 4.46. The third-order valence-corrected chi connectivity index (χ3v) is 3.31. The van der Waals surface area contributed by atoms with Gasteiger partial charge in [-0.25, -0.2) is 9.97 Å². The van der Waals surface area contributed by atoms with Crippen molar-refractivity contribution in [3.05, 3.63) is 18.0 Å². The first-order valence-corrected chi connectivity index (χ1v) is 6.03. The molecule has 2 N–H and O–H groups in total. The average molecular weight is 236 g/mol. The number of aromatic nitrogens is 2. The highest BCUT2D eigenvalue weighted by molar-refractivity contribution is 5.33. The van der Waals surface area contributed by atoms with Crippen LogP contribution in [0, 0.1) is 6.92 Å². The number of hydrogen-bond acceptors (Lipinski definition) is 5. The smallest absolute Gasteiger partial charge is 0.225 e. The molecule has 2 unspecified atom stereocenters. The summed E-state index contributed by atoms with van der Waals surface area (Å²) in [6.45, 7) is 3.49. The number of rotatable bonds is 3. The van der Waals surface area contributed by atoms with Crippen LogP contribution in [0.3, 0.4) is 0 Å². The van der Waals surface area contributed by atoms with Crippen molar-refractivity contribution in [2.24, 2.45) is 5.73 Å². The second-order valence-corrected chi connectivity index (χ2v) is 4.46. The molecule has 1 aliphatic rings. The second kappa shape index (κ2) is 5.42. The van der Waals surface area contributed by atoms with Gasteiger partial charge < -0.3 is 15.4 Å². The molecule has 2 heterocycles. The Morgan fingerprint density at radius 2 is 2.41 bits per heavy atom. The van der Waals surface area contributed by atoms with Gasteiger partial charge in [0.15, 0.2) is 0 Å². The topological polar surface area (TPSA) is 64.3 Å². The third-order valence-electron chi connectivity index (χ3n) is 3.31. The molecule has 1 saturated heterocycles. The fourth-order valence-electron chi connectivity index (χ4n) is 2.29. The molecule has 0 saturated carbocycles. The Morgan fingerprint density at radius 3 is 3.06 bits per heavy atom. The molecule has 5 nitrogen and oxygen atoms in total. The molecule has 2 rings (SSSR count). The average Bonchev–Trinajstić information content (AvgIpc) is 2.38. The zero-order chi connectivity index (χ0) is 12.3. The number of piperidine rings is 1. The lowest BCUT2D eigenvalue weighted by molar-refractivity contribution is 0.0706. The van der Waals surface area contributed by atoms with Gasteiger partial charge in [0.1, 0.15) is 0 Å². The molecule has 0 radical (unpaired) electrons.